The van der Waals surface area contributed by atoms with Gasteiger partial charge in [-0.25, -0.2) is 0 Å². The highest BCUT2D eigenvalue weighted by Crippen LogP contribution is 2.46. The van der Waals surface area contributed by atoms with Crippen LogP contribution < -0.4 is 0 Å². The summed E-state index contributed by atoms with van der Waals surface area (Å²) in [6, 6.07) is 23.9. The maximum Gasteiger partial charge on any atom is 0.104 e. The van der Waals surface area contributed by atoms with Gasteiger partial charge in [0.25, 0.3) is 0 Å². The van der Waals surface area contributed by atoms with Crippen LogP contribution in [0.25, 0.3) is 11.1 Å². The number of benzene rings is 2. The van der Waals surface area contributed by atoms with Gasteiger partial charge in [-0.3, -0.25) is 4.98 Å². The van der Waals surface area contributed by atoms with Gasteiger partial charge in [0.15, 0.2) is 0 Å². The maximum absolute atomic E-state index is 10.4. The molecule has 0 N–H and O–H groups in total. The summed E-state index contributed by atoms with van der Waals surface area (Å²) in [5.74, 6) is 0. The monoisotopic (exact) mass is 394 g/mol. The number of pyridine rings is 1. The number of rotatable bonds is 7. The van der Waals surface area contributed by atoms with Crippen LogP contribution in [0.5, 0.6) is 0 Å². The molecule has 0 spiro atoms. The average molecular weight is 395 g/mol. The molecule has 3 aromatic rings. The summed E-state index contributed by atoms with van der Waals surface area (Å²) in [5, 5.41) is 10.4. The average Bonchev–Trinajstić information content (AvgIpc) is 3.14. The lowest BCUT2D eigenvalue weighted by Crippen LogP contribution is -2.26. The Morgan fingerprint density at radius 3 is 2.23 bits per heavy atom. The molecule has 1 aliphatic carbocycles. The first-order valence-electron chi connectivity index (χ1n) is 11.3. The van der Waals surface area contributed by atoms with Crippen LogP contribution >= 0.6 is 0 Å². The summed E-state index contributed by atoms with van der Waals surface area (Å²) >= 11 is 0. The first-order valence-corrected chi connectivity index (χ1v) is 11.3. The molecule has 1 heterocycles. The molecule has 4 rings (SSSR count). The zero-order chi connectivity index (χ0) is 21.0. The topological polar surface area (TPSA) is 36.7 Å². The lowest BCUT2D eigenvalue weighted by atomic mass is 9.79. The molecule has 1 aliphatic rings. The molecular weight excluding hydrogens is 364 g/mol. The molecular formula is C28H30N2. The van der Waals surface area contributed by atoms with Gasteiger partial charge in [0.05, 0.1) is 11.8 Å². The summed E-state index contributed by atoms with van der Waals surface area (Å²) < 4.78 is 0. The van der Waals surface area contributed by atoms with E-state index in [2.05, 4.69) is 74.5 Å². The molecule has 2 aromatic carbocycles. The maximum atomic E-state index is 10.4. The number of hydrogen-bond acceptors (Lipinski definition) is 2. The van der Waals surface area contributed by atoms with Gasteiger partial charge >= 0.3 is 0 Å². The van der Waals surface area contributed by atoms with Crippen LogP contribution in [0.3, 0.4) is 0 Å². The standard InChI is InChI=1S/C28H30N2/c1-3-11-23-25(12-4-2)30-27-24(26(23)22-15-9-6-10-16-22)17-18-28(27,20-29)19-21-13-7-5-8-14-21/h5-10,13-16H,3-4,11-12,17-19H2,1-2H3. The van der Waals surface area contributed by atoms with Crippen LogP contribution in [0.1, 0.15) is 61.2 Å². The fourth-order valence-corrected chi connectivity index (χ4v) is 4.99. The fourth-order valence-electron chi connectivity index (χ4n) is 4.99. The van der Waals surface area contributed by atoms with Crippen molar-refractivity contribution in [3.05, 3.63) is 88.7 Å². The van der Waals surface area contributed by atoms with E-state index < -0.39 is 5.41 Å². The Morgan fingerprint density at radius 2 is 1.60 bits per heavy atom. The highest BCUT2D eigenvalue weighted by Gasteiger charge is 2.43. The summed E-state index contributed by atoms with van der Waals surface area (Å²) in [6.45, 7) is 4.46. The predicted molar refractivity (Wildman–Crippen MR) is 123 cm³/mol. The van der Waals surface area contributed by atoms with Crippen LogP contribution in [-0.2, 0) is 31.1 Å². The van der Waals surface area contributed by atoms with Crippen molar-refractivity contribution in [2.24, 2.45) is 0 Å². The Morgan fingerprint density at radius 1 is 0.933 bits per heavy atom. The number of aryl methyl sites for hydroxylation is 1. The second-order valence-corrected chi connectivity index (χ2v) is 8.46. The molecule has 0 saturated carbocycles. The van der Waals surface area contributed by atoms with Crippen molar-refractivity contribution in [3.8, 4) is 17.2 Å². The molecule has 0 fully saturated rings. The Labute approximate surface area is 180 Å². The van der Waals surface area contributed by atoms with Crippen LogP contribution in [0.4, 0.5) is 0 Å². The van der Waals surface area contributed by atoms with Crippen LogP contribution in [0, 0.1) is 11.3 Å². The van der Waals surface area contributed by atoms with Crippen molar-refractivity contribution in [3.63, 3.8) is 0 Å². The van der Waals surface area contributed by atoms with Gasteiger partial charge in [0, 0.05) is 5.69 Å². The minimum Gasteiger partial charge on any atom is -0.256 e. The minimum atomic E-state index is -0.534. The Balaban J connectivity index is 1.94. The van der Waals surface area contributed by atoms with Crippen molar-refractivity contribution >= 4 is 0 Å². The lowest BCUT2D eigenvalue weighted by Gasteiger charge is -2.25. The zero-order valence-electron chi connectivity index (χ0n) is 18.1. The summed E-state index contributed by atoms with van der Waals surface area (Å²) in [5.41, 5.74) is 8.25. The SMILES string of the molecule is CCCc1nc2c(c(-c3ccccc3)c1CCC)CCC2(C#N)Cc1ccccc1. The van der Waals surface area contributed by atoms with Gasteiger partial charge in [-0.1, -0.05) is 87.4 Å². The predicted octanol–water partition coefficient (Wildman–Crippen LogP) is 6.60. The normalized spacial score (nSPS) is 17.5. The Hall–Kier alpha value is -2.92. The summed E-state index contributed by atoms with van der Waals surface area (Å²) in [6.07, 6.45) is 6.68. The first kappa shape index (κ1) is 20.4. The van der Waals surface area contributed by atoms with Crippen LogP contribution in [0.2, 0.25) is 0 Å². The fraction of sp³-hybridized carbons (Fsp3) is 0.357. The van der Waals surface area contributed by atoms with Crippen molar-refractivity contribution in [1.82, 2.24) is 4.98 Å². The molecule has 0 bridgehead atoms. The van der Waals surface area contributed by atoms with Crippen molar-refractivity contribution < 1.29 is 0 Å². The Kier molecular flexibility index (Phi) is 6.00. The van der Waals surface area contributed by atoms with Gasteiger partial charge in [-0.15, -0.1) is 0 Å². The number of hydrogen-bond donors (Lipinski definition) is 0. The highest BCUT2D eigenvalue weighted by molar-refractivity contribution is 5.74. The molecule has 30 heavy (non-hydrogen) atoms. The molecule has 1 unspecified atom stereocenters. The third-order valence-electron chi connectivity index (χ3n) is 6.35. The quantitative estimate of drug-likeness (QED) is 0.452. The molecule has 0 amide bonds. The largest absolute Gasteiger partial charge is 0.256 e. The Bertz CT molecular complexity index is 1050. The molecule has 2 heteroatoms. The van der Waals surface area contributed by atoms with E-state index in [0.717, 1.165) is 50.6 Å². The smallest absolute Gasteiger partial charge is 0.104 e. The van der Waals surface area contributed by atoms with E-state index in [1.807, 2.05) is 6.07 Å². The third kappa shape index (κ3) is 3.65. The van der Waals surface area contributed by atoms with E-state index in [-0.39, 0.29) is 0 Å². The summed E-state index contributed by atoms with van der Waals surface area (Å²) in [4.78, 5) is 5.25. The second kappa shape index (κ2) is 8.84. The molecule has 0 saturated heterocycles. The molecule has 2 nitrogen and oxygen atoms in total. The van der Waals surface area contributed by atoms with Crippen LogP contribution in [-0.4, -0.2) is 4.98 Å². The first-order chi connectivity index (χ1) is 14.7. The van der Waals surface area contributed by atoms with E-state index in [1.54, 1.807) is 0 Å². The number of nitriles is 1. The number of fused-ring (bicyclic) bond motifs is 1. The van der Waals surface area contributed by atoms with E-state index in [9.17, 15) is 5.26 Å². The van der Waals surface area contributed by atoms with E-state index in [0.29, 0.717) is 0 Å². The van der Waals surface area contributed by atoms with Crippen LogP contribution in [0.15, 0.2) is 60.7 Å². The van der Waals surface area contributed by atoms with E-state index >= 15 is 0 Å². The third-order valence-corrected chi connectivity index (χ3v) is 6.35. The van der Waals surface area contributed by atoms with Gasteiger partial charge in [0.1, 0.15) is 5.41 Å². The molecule has 0 radical (unpaired) electrons. The zero-order valence-corrected chi connectivity index (χ0v) is 18.1. The molecule has 1 atom stereocenters. The van der Waals surface area contributed by atoms with Gasteiger partial charge in [0.2, 0.25) is 0 Å². The lowest BCUT2D eigenvalue weighted by molar-refractivity contribution is 0.526. The minimum absolute atomic E-state index is 0.534. The van der Waals surface area contributed by atoms with Gasteiger partial charge in [-0.2, -0.15) is 5.26 Å². The van der Waals surface area contributed by atoms with E-state index in [4.69, 9.17) is 4.98 Å². The number of aromatic nitrogens is 1. The van der Waals surface area contributed by atoms with Crippen molar-refractivity contribution in [2.75, 3.05) is 0 Å². The molecule has 0 aliphatic heterocycles. The van der Waals surface area contributed by atoms with Crippen molar-refractivity contribution in [2.45, 2.75) is 64.2 Å². The van der Waals surface area contributed by atoms with Crippen molar-refractivity contribution in [1.29, 1.82) is 5.26 Å². The summed E-state index contributed by atoms with van der Waals surface area (Å²) in [7, 11) is 0. The van der Waals surface area contributed by atoms with Gasteiger partial charge in [-0.05, 0) is 59.9 Å². The second-order valence-electron chi connectivity index (χ2n) is 8.46. The highest BCUT2D eigenvalue weighted by atomic mass is 14.8. The molecule has 1 aromatic heterocycles. The molecule has 152 valence electrons. The number of nitrogens with zero attached hydrogens (tertiary/aromatic N) is 2. The van der Waals surface area contributed by atoms with E-state index in [1.165, 1.54) is 33.5 Å². The van der Waals surface area contributed by atoms with Gasteiger partial charge < -0.3 is 0 Å².